The van der Waals surface area contributed by atoms with Crippen LogP contribution in [0.2, 0.25) is 0 Å². The molecule has 3 aromatic rings. The molecule has 0 spiro atoms. The van der Waals surface area contributed by atoms with Crippen LogP contribution in [-0.2, 0) is 17.9 Å². The van der Waals surface area contributed by atoms with Gasteiger partial charge in [-0.15, -0.1) is 5.10 Å². The van der Waals surface area contributed by atoms with Gasteiger partial charge in [0.1, 0.15) is 12.4 Å². The highest BCUT2D eigenvalue weighted by Crippen LogP contribution is 2.31. The Morgan fingerprint density at radius 3 is 2.88 bits per heavy atom. The van der Waals surface area contributed by atoms with Crippen molar-refractivity contribution in [3.8, 4) is 11.4 Å². The van der Waals surface area contributed by atoms with Crippen molar-refractivity contribution in [3.05, 3.63) is 36.2 Å². The molecule has 1 unspecified atom stereocenters. The lowest BCUT2D eigenvalue weighted by molar-refractivity contribution is -0.137. The van der Waals surface area contributed by atoms with Crippen molar-refractivity contribution < 1.29 is 9.90 Å². The van der Waals surface area contributed by atoms with Gasteiger partial charge in [-0.2, -0.15) is 5.10 Å². The molecule has 0 radical (unpaired) electrons. The first-order valence-electron chi connectivity index (χ1n) is 8.05. The fourth-order valence-corrected chi connectivity index (χ4v) is 3.08. The van der Waals surface area contributed by atoms with Crippen molar-refractivity contribution >= 4 is 5.97 Å². The summed E-state index contributed by atoms with van der Waals surface area (Å²) in [6, 6.07) is 3.59. The Labute approximate surface area is 142 Å². The number of hydrogen-bond acceptors (Lipinski definition) is 7. The average Bonchev–Trinajstić information content (AvgIpc) is 3.19. The van der Waals surface area contributed by atoms with Gasteiger partial charge in [0.25, 0.3) is 0 Å². The van der Waals surface area contributed by atoms with E-state index >= 15 is 0 Å². The maximum Gasteiger partial charge on any atom is 0.325 e. The second-order valence-corrected chi connectivity index (χ2v) is 5.89. The van der Waals surface area contributed by atoms with Gasteiger partial charge in [-0.05, 0) is 35.4 Å². The van der Waals surface area contributed by atoms with E-state index in [-0.39, 0.29) is 12.5 Å². The fraction of sp³-hybridized carbons (Fsp3) is 0.400. The van der Waals surface area contributed by atoms with Gasteiger partial charge >= 0.3 is 5.97 Å². The van der Waals surface area contributed by atoms with Crippen molar-refractivity contribution in [3.63, 3.8) is 0 Å². The predicted octanol–water partition coefficient (Wildman–Crippen LogP) is 0.727. The number of rotatable bonds is 4. The molecule has 10 heteroatoms. The van der Waals surface area contributed by atoms with Gasteiger partial charge in [0.05, 0.1) is 5.92 Å². The number of carboxylic acid groups (broad SMARTS) is 1. The maximum absolute atomic E-state index is 11.3. The molecule has 0 fully saturated rings. The van der Waals surface area contributed by atoms with Crippen LogP contribution in [-0.4, -0.2) is 51.0 Å². The van der Waals surface area contributed by atoms with E-state index in [1.807, 2.05) is 0 Å². The minimum absolute atomic E-state index is 0.181. The summed E-state index contributed by atoms with van der Waals surface area (Å²) in [5.74, 6) is 0.604. The summed E-state index contributed by atoms with van der Waals surface area (Å²) >= 11 is 0. The van der Waals surface area contributed by atoms with E-state index in [0.717, 1.165) is 31.4 Å². The van der Waals surface area contributed by atoms with Gasteiger partial charge in [0.2, 0.25) is 0 Å². The first kappa shape index (κ1) is 15.4. The summed E-state index contributed by atoms with van der Waals surface area (Å²) in [5.41, 5.74) is 0.786. The monoisotopic (exact) mass is 340 g/mol. The smallest absolute Gasteiger partial charge is 0.325 e. The summed E-state index contributed by atoms with van der Waals surface area (Å²) in [5, 5.41) is 25.6. The molecule has 1 atom stereocenters. The molecular weight excluding hydrogens is 324 g/mol. The van der Waals surface area contributed by atoms with Crippen LogP contribution in [0.25, 0.3) is 11.4 Å². The molecule has 4 heterocycles. The number of nitrogens with zero attached hydrogens (tertiary/aromatic N) is 8. The van der Waals surface area contributed by atoms with Crippen molar-refractivity contribution in [1.82, 2.24) is 40.0 Å². The largest absolute Gasteiger partial charge is 0.480 e. The van der Waals surface area contributed by atoms with E-state index < -0.39 is 5.97 Å². The zero-order valence-corrected chi connectivity index (χ0v) is 13.4. The summed E-state index contributed by atoms with van der Waals surface area (Å²) in [6.45, 7) is 0.495. The minimum atomic E-state index is -0.972. The fourth-order valence-electron chi connectivity index (χ4n) is 3.08. The molecule has 0 aliphatic carbocycles. The maximum atomic E-state index is 11.3. The van der Waals surface area contributed by atoms with Gasteiger partial charge in [0.15, 0.2) is 11.6 Å². The highest BCUT2D eigenvalue weighted by atomic mass is 16.4. The topological polar surface area (TPSA) is 124 Å². The number of fused-ring (bicyclic) bond motifs is 1. The number of pyridine rings is 1. The van der Waals surface area contributed by atoms with E-state index in [0.29, 0.717) is 17.5 Å². The predicted molar refractivity (Wildman–Crippen MR) is 84.4 cm³/mol. The molecule has 1 aliphatic heterocycles. The highest BCUT2D eigenvalue weighted by Gasteiger charge is 2.29. The van der Waals surface area contributed by atoms with Crippen molar-refractivity contribution in [2.75, 3.05) is 0 Å². The average molecular weight is 340 g/mol. The number of carbonyl (C=O) groups is 1. The Morgan fingerprint density at radius 2 is 2.08 bits per heavy atom. The van der Waals surface area contributed by atoms with Crippen LogP contribution in [0, 0.1) is 0 Å². The lowest BCUT2D eigenvalue weighted by Gasteiger charge is -2.12. The molecule has 0 saturated carbocycles. The molecule has 0 saturated heterocycles. The molecule has 4 rings (SSSR count). The van der Waals surface area contributed by atoms with Crippen molar-refractivity contribution in [2.45, 2.75) is 38.3 Å². The van der Waals surface area contributed by atoms with Crippen LogP contribution in [0.1, 0.15) is 36.8 Å². The molecule has 10 nitrogen and oxygen atoms in total. The number of carboxylic acids is 1. The van der Waals surface area contributed by atoms with Gasteiger partial charge in [-0.25, -0.2) is 14.3 Å². The van der Waals surface area contributed by atoms with E-state index in [1.165, 1.54) is 4.68 Å². The number of aromatic nitrogens is 8. The third-order valence-electron chi connectivity index (χ3n) is 4.22. The third kappa shape index (κ3) is 2.97. The summed E-state index contributed by atoms with van der Waals surface area (Å²) < 4.78 is 3.21. The second kappa shape index (κ2) is 6.38. The second-order valence-electron chi connectivity index (χ2n) is 5.89. The molecule has 1 N–H and O–H groups in total. The number of tetrazole rings is 1. The van der Waals surface area contributed by atoms with Gasteiger partial charge in [-0.3, -0.25) is 9.78 Å². The highest BCUT2D eigenvalue weighted by molar-refractivity contribution is 5.66. The zero-order valence-electron chi connectivity index (χ0n) is 13.4. The van der Waals surface area contributed by atoms with E-state index in [1.54, 1.807) is 29.2 Å². The molecule has 3 aromatic heterocycles. The van der Waals surface area contributed by atoms with Crippen LogP contribution in [0.3, 0.4) is 0 Å². The van der Waals surface area contributed by atoms with E-state index in [9.17, 15) is 9.90 Å². The summed E-state index contributed by atoms with van der Waals surface area (Å²) in [7, 11) is 0. The molecule has 128 valence electrons. The first-order valence-corrected chi connectivity index (χ1v) is 8.05. The van der Waals surface area contributed by atoms with Crippen LogP contribution in [0.4, 0.5) is 0 Å². The molecule has 0 aromatic carbocycles. The molecule has 0 bridgehead atoms. The minimum Gasteiger partial charge on any atom is -0.480 e. The lowest BCUT2D eigenvalue weighted by atomic mass is 10.0. The quantitative estimate of drug-likeness (QED) is 0.737. The number of aliphatic carboxylic acids is 1. The summed E-state index contributed by atoms with van der Waals surface area (Å²) in [4.78, 5) is 19.9. The van der Waals surface area contributed by atoms with Gasteiger partial charge < -0.3 is 5.11 Å². The van der Waals surface area contributed by atoms with Gasteiger partial charge in [0, 0.05) is 24.5 Å². The van der Waals surface area contributed by atoms with Gasteiger partial charge in [-0.1, -0.05) is 6.42 Å². The standard InChI is InChI=1S/C15H16N8O2/c24-12(25)9-23-14(17-13(19-23)10-4-6-16-7-5-10)11-3-1-2-8-22-15(11)18-20-21-22/h4-7,11H,1-3,8-9H2,(H,24,25). The first-order chi connectivity index (χ1) is 12.2. The molecular formula is C15H16N8O2. The van der Waals surface area contributed by atoms with Crippen molar-refractivity contribution in [1.29, 1.82) is 0 Å². The normalized spacial score (nSPS) is 17.0. The van der Waals surface area contributed by atoms with E-state index in [4.69, 9.17) is 0 Å². The lowest BCUT2D eigenvalue weighted by Crippen LogP contribution is -2.18. The van der Waals surface area contributed by atoms with Crippen LogP contribution < -0.4 is 0 Å². The van der Waals surface area contributed by atoms with Crippen molar-refractivity contribution in [2.24, 2.45) is 0 Å². The molecule has 0 amide bonds. The van der Waals surface area contributed by atoms with Crippen LogP contribution in [0.15, 0.2) is 24.5 Å². The number of aryl methyl sites for hydroxylation is 1. The Bertz CT molecular complexity index is 888. The zero-order chi connectivity index (χ0) is 17.2. The Hall–Kier alpha value is -3.17. The molecule has 1 aliphatic rings. The Balaban J connectivity index is 1.80. The van der Waals surface area contributed by atoms with Crippen LogP contribution in [0.5, 0.6) is 0 Å². The third-order valence-corrected chi connectivity index (χ3v) is 4.22. The summed E-state index contributed by atoms with van der Waals surface area (Å²) in [6.07, 6.45) is 6.05. The molecule has 25 heavy (non-hydrogen) atoms. The van der Waals surface area contributed by atoms with E-state index in [2.05, 4.69) is 30.6 Å². The Morgan fingerprint density at radius 1 is 1.24 bits per heavy atom. The SMILES string of the molecule is O=C(O)Cn1nc(-c2ccncc2)nc1C1CCCCn2nnnc21. The number of hydrogen-bond donors (Lipinski definition) is 1. The van der Waals surface area contributed by atoms with Crippen LogP contribution >= 0.6 is 0 Å². The Kier molecular flexibility index (Phi) is 3.92.